The average Bonchev–Trinajstić information content (AvgIpc) is 2.78. The summed E-state index contributed by atoms with van der Waals surface area (Å²) in [6, 6.07) is 6.72. The molecule has 0 spiro atoms. The van der Waals surface area contributed by atoms with Crippen molar-refractivity contribution in [3.05, 3.63) is 35.6 Å². The Hall–Kier alpha value is -1.46. The summed E-state index contributed by atoms with van der Waals surface area (Å²) in [6.45, 7) is 6.94. The highest BCUT2D eigenvalue weighted by Crippen LogP contribution is 2.23. The molecule has 4 nitrogen and oxygen atoms in total. The van der Waals surface area contributed by atoms with Crippen molar-refractivity contribution in [2.75, 3.05) is 46.4 Å². The molecule has 5 heteroatoms. The zero-order valence-corrected chi connectivity index (χ0v) is 14.1. The van der Waals surface area contributed by atoms with E-state index in [0.29, 0.717) is 12.0 Å². The first kappa shape index (κ1) is 17.9. The van der Waals surface area contributed by atoms with Crippen molar-refractivity contribution in [1.29, 1.82) is 0 Å². The first-order valence-corrected chi connectivity index (χ1v) is 8.35. The fourth-order valence-electron chi connectivity index (χ4n) is 3.04. The van der Waals surface area contributed by atoms with E-state index >= 15 is 0 Å². The Balaban J connectivity index is 1.87. The summed E-state index contributed by atoms with van der Waals surface area (Å²) in [4.78, 5) is 16.8. The third-order valence-corrected chi connectivity index (χ3v) is 4.47. The van der Waals surface area contributed by atoms with E-state index in [0.717, 1.165) is 45.8 Å². The fourth-order valence-corrected chi connectivity index (χ4v) is 3.04. The fraction of sp³-hybridized carbons (Fsp3) is 0.611. The van der Waals surface area contributed by atoms with Gasteiger partial charge < -0.3 is 9.64 Å². The number of rotatable bonds is 6. The first-order valence-electron chi connectivity index (χ1n) is 8.35. The number of hydrogen-bond donors (Lipinski definition) is 0. The Bertz CT molecular complexity index is 510. The van der Waals surface area contributed by atoms with Crippen molar-refractivity contribution >= 4 is 5.91 Å². The molecule has 1 unspecified atom stereocenters. The van der Waals surface area contributed by atoms with Crippen LogP contribution in [-0.2, 0) is 9.53 Å². The standard InChI is InChI=1S/C18H27FN2O2/c1-15(16-6-3-4-7-17(16)19)14-18(22)21-9-5-8-20(10-11-21)12-13-23-2/h3-4,6-7,15H,5,8-14H2,1-2H3. The Morgan fingerprint density at radius 3 is 2.78 bits per heavy atom. The molecule has 1 aliphatic heterocycles. The minimum absolute atomic E-state index is 0.100. The number of hydrogen-bond acceptors (Lipinski definition) is 3. The van der Waals surface area contributed by atoms with Gasteiger partial charge in [0.05, 0.1) is 6.61 Å². The van der Waals surface area contributed by atoms with Crippen LogP contribution in [0.25, 0.3) is 0 Å². The number of nitrogens with zero attached hydrogens (tertiary/aromatic N) is 2. The number of halogens is 1. The second kappa shape index (κ2) is 8.99. The molecule has 2 rings (SSSR count). The van der Waals surface area contributed by atoms with Gasteiger partial charge in [-0.25, -0.2) is 4.39 Å². The van der Waals surface area contributed by atoms with Gasteiger partial charge in [-0.2, -0.15) is 0 Å². The molecule has 0 radical (unpaired) electrons. The molecule has 1 aromatic carbocycles. The van der Waals surface area contributed by atoms with Crippen LogP contribution < -0.4 is 0 Å². The van der Waals surface area contributed by atoms with Gasteiger partial charge in [0, 0.05) is 39.7 Å². The van der Waals surface area contributed by atoms with Gasteiger partial charge in [-0.15, -0.1) is 0 Å². The molecule has 0 saturated carbocycles. The molecule has 1 heterocycles. The number of benzene rings is 1. The van der Waals surface area contributed by atoms with Crippen molar-refractivity contribution < 1.29 is 13.9 Å². The predicted octanol–water partition coefficient (Wildman–Crippen LogP) is 2.50. The van der Waals surface area contributed by atoms with Crippen LogP contribution >= 0.6 is 0 Å². The van der Waals surface area contributed by atoms with E-state index in [-0.39, 0.29) is 17.6 Å². The predicted molar refractivity (Wildman–Crippen MR) is 88.9 cm³/mol. The third kappa shape index (κ3) is 5.29. The lowest BCUT2D eigenvalue weighted by atomic mass is 9.96. The Morgan fingerprint density at radius 1 is 1.26 bits per heavy atom. The minimum Gasteiger partial charge on any atom is -0.383 e. The molecule has 0 bridgehead atoms. The summed E-state index contributed by atoms with van der Waals surface area (Å²) in [5.41, 5.74) is 0.623. The minimum atomic E-state index is -0.227. The summed E-state index contributed by atoms with van der Waals surface area (Å²) < 4.78 is 18.9. The number of carbonyl (C=O) groups excluding carboxylic acids is 1. The summed E-state index contributed by atoms with van der Waals surface area (Å²) in [7, 11) is 1.71. The van der Waals surface area contributed by atoms with Gasteiger partial charge in [0.1, 0.15) is 5.82 Å². The Morgan fingerprint density at radius 2 is 2.04 bits per heavy atom. The smallest absolute Gasteiger partial charge is 0.223 e. The lowest BCUT2D eigenvalue weighted by Crippen LogP contribution is -2.36. The second-order valence-electron chi connectivity index (χ2n) is 6.20. The molecule has 0 N–H and O–H groups in total. The van der Waals surface area contributed by atoms with E-state index in [1.54, 1.807) is 19.2 Å². The van der Waals surface area contributed by atoms with Crippen LogP contribution in [0.4, 0.5) is 4.39 Å². The Kier molecular flexibility index (Phi) is 6.99. The summed E-state index contributed by atoms with van der Waals surface area (Å²) >= 11 is 0. The lowest BCUT2D eigenvalue weighted by Gasteiger charge is -2.23. The van der Waals surface area contributed by atoms with Crippen LogP contribution in [0.15, 0.2) is 24.3 Å². The molecule has 0 aromatic heterocycles. The van der Waals surface area contributed by atoms with Crippen molar-refractivity contribution in [3.8, 4) is 0 Å². The van der Waals surface area contributed by atoms with E-state index < -0.39 is 0 Å². The molecule has 1 aromatic rings. The molecule has 1 amide bonds. The molecule has 128 valence electrons. The van der Waals surface area contributed by atoms with Gasteiger partial charge in [-0.05, 0) is 30.5 Å². The monoisotopic (exact) mass is 322 g/mol. The number of methoxy groups -OCH3 is 1. The van der Waals surface area contributed by atoms with Gasteiger partial charge in [-0.1, -0.05) is 25.1 Å². The van der Waals surface area contributed by atoms with Gasteiger partial charge >= 0.3 is 0 Å². The highest BCUT2D eigenvalue weighted by atomic mass is 19.1. The molecule has 1 aliphatic rings. The zero-order valence-electron chi connectivity index (χ0n) is 14.1. The molecule has 0 aliphatic carbocycles. The van der Waals surface area contributed by atoms with Crippen molar-refractivity contribution in [1.82, 2.24) is 9.80 Å². The van der Waals surface area contributed by atoms with Gasteiger partial charge in [0.15, 0.2) is 0 Å². The van der Waals surface area contributed by atoms with E-state index in [1.165, 1.54) is 6.07 Å². The number of ether oxygens (including phenoxy) is 1. The molecular weight excluding hydrogens is 295 g/mol. The average molecular weight is 322 g/mol. The summed E-state index contributed by atoms with van der Waals surface area (Å²) in [6.07, 6.45) is 1.34. The Labute approximate surface area is 138 Å². The maximum Gasteiger partial charge on any atom is 0.223 e. The van der Waals surface area contributed by atoms with E-state index in [2.05, 4.69) is 4.90 Å². The maximum absolute atomic E-state index is 13.8. The van der Waals surface area contributed by atoms with Crippen molar-refractivity contribution in [3.63, 3.8) is 0 Å². The number of amides is 1. The van der Waals surface area contributed by atoms with Crippen molar-refractivity contribution in [2.45, 2.75) is 25.7 Å². The van der Waals surface area contributed by atoms with Gasteiger partial charge in [0.2, 0.25) is 5.91 Å². The van der Waals surface area contributed by atoms with Crippen LogP contribution in [0, 0.1) is 5.82 Å². The molecule has 1 atom stereocenters. The first-order chi connectivity index (χ1) is 11.1. The van der Waals surface area contributed by atoms with Crippen LogP contribution in [0.5, 0.6) is 0 Å². The van der Waals surface area contributed by atoms with Crippen LogP contribution in [-0.4, -0.2) is 62.1 Å². The van der Waals surface area contributed by atoms with Gasteiger partial charge in [-0.3, -0.25) is 9.69 Å². The van der Waals surface area contributed by atoms with Crippen LogP contribution in [0.3, 0.4) is 0 Å². The molecule has 1 saturated heterocycles. The second-order valence-corrected chi connectivity index (χ2v) is 6.20. The van der Waals surface area contributed by atoms with E-state index in [4.69, 9.17) is 4.74 Å². The number of carbonyl (C=O) groups is 1. The molecule has 1 fully saturated rings. The highest BCUT2D eigenvalue weighted by Gasteiger charge is 2.22. The van der Waals surface area contributed by atoms with Crippen LogP contribution in [0.2, 0.25) is 0 Å². The lowest BCUT2D eigenvalue weighted by molar-refractivity contribution is -0.131. The quantitative estimate of drug-likeness (QED) is 0.807. The van der Waals surface area contributed by atoms with Crippen LogP contribution in [0.1, 0.15) is 31.2 Å². The maximum atomic E-state index is 13.8. The molecular formula is C18H27FN2O2. The van der Waals surface area contributed by atoms with Crippen molar-refractivity contribution in [2.24, 2.45) is 0 Å². The van der Waals surface area contributed by atoms with Gasteiger partial charge in [0.25, 0.3) is 0 Å². The largest absolute Gasteiger partial charge is 0.383 e. The third-order valence-electron chi connectivity index (χ3n) is 4.47. The zero-order chi connectivity index (χ0) is 16.7. The summed E-state index contributed by atoms with van der Waals surface area (Å²) in [5, 5.41) is 0. The normalized spacial score (nSPS) is 17.8. The van der Waals surface area contributed by atoms with E-state index in [1.807, 2.05) is 17.9 Å². The molecule has 23 heavy (non-hydrogen) atoms. The highest BCUT2D eigenvalue weighted by molar-refractivity contribution is 5.77. The van der Waals surface area contributed by atoms with E-state index in [9.17, 15) is 9.18 Å². The SMILES string of the molecule is COCCN1CCCN(C(=O)CC(C)c2ccccc2F)CC1. The summed E-state index contributed by atoms with van der Waals surface area (Å²) in [5.74, 6) is -0.208. The topological polar surface area (TPSA) is 32.8 Å².